The molecule has 0 radical (unpaired) electrons. The van der Waals surface area contributed by atoms with Gasteiger partial charge in [-0.3, -0.25) is 0 Å². The molecule has 4 unspecified atom stereocenters. The number of anilines is 2. The van der Waals surface area contributed by atoms with Gasteiger partial charge >= 0.3 is 0 Å². The van der Waals surface area contributed by atoms with Crippen LogP contribution >= 0.6 is 0 Å². The predicted molar refractivity (Wildman–Crippen MR) is 102 cm³/mol. The lowest BCUT2D eigenvalue weighted by Crippen LogP contribution is -2.38. The molecule has 0 aliphatic carbocycles. The first-order valence-corrected chi connectivity index (χ1v) is 8.93. The van der Waals surface area contributed by atoms with Crippen LogP contribution in [0.5, 0.6) is 0 Å². The van der Waals surface area contributed by atoms with E-state index in [9.17, 15) is 20.4 Å². The summed E-state index contributed by atoms with van der Waals surface area (Å²) >= 11 is 0. The summed E-state index contributed by atoms with van der Waals surface area (Å²) in [6, 6.07) is 5.94. The van der Waals surface area contributed by atoms with Gasteiger partial charge in [-0.1, -0.05) is 6.07 Å². The molecule has 4 N–H and O–H groups in total. The van der Waals surface area contributed by atoms with Gasteiger partial charge in [-0.2, -0.15) is 0 Å². The summed E-state index contributed by atoms with van der Waals surface area (Å²) in [5.41, 5.74) is 2.86. The van der Waals surface area contributed by atoms with E-state index < -0.39 is 24.4 Å². The third kappa shape index (κ3) is 7.61. The van der Waals surface area contributed by atoms with Gasteiger partial charge in [-0.05, 0) is 52.3 Å². The van der Waals surface area contributed by atoms with Crippen LogP contribution in [-0.4, -0.2) is 71.0 Å². The minimum Gasteiger partial charge on any atom is -0.392 e. The van der Waals surface area contributed by atoms with Crippen LogP contribution < -0.4 is 9.80 Å². The lowest BCUT2D eigenvalue weighted by molar-refractivity contribution is 0.178. The van der Waals surface area contributed by atoms with Crippen molar-refractivity contribution in [2.75, 3.05) is 36.0 Å². The standard InChI is InChI=1S/C19H34N2O4/c1-13-6-7-18(20(9-14(2)22)10-15(3)23)8-19(13)21(11-16(4)24)12-17(5)25/h6-8,14-17,22-25H,9-12H2,1-5H3. The quantitative estimate of drug-likeness (QED) is 0.504. The molecular formula is C19H34N2O4. The summed E-state index contributed by atoms with van der Waals surface area (Å²) in [6.07, 6.45) is -2.08. The number of aryl methyl sites for hydroxylation is 1. The van der Waals surface area contributed by atoms with Gasteiger partial charge < -0.3 is 30.2 Å². The van der Waals surface area contributed by atoms with Crippen LogP contribution in [-0.2, 0) is 0 Å². The highest BCUT2D eigenvalue weighted by molar-refractivity contribution is 5.63. The average molecular weight is 354 g/mol. The van der Waals surface area contributed by atoms with Gasteiger partial charge in [0.1, 0.15) is 0 Å². The van der Waals surface area contributed by atoms with Gasteiger partial charge in [0.15, 0.2) is 0 Å². The summed E-state index contributed by atoms with van der Waals surface area (Å²) in [5.74, 6) is 0. The minimum absolute atomic E-state index is 0.417. The van der Waals surface area contributed by atoms with E-state index in [4.69, 9.17) is 0 Å². The zero-order valence-corrected chi connectivity index (χ0v) is 16.1. The number of aliphatic hydroxyl groups excluding tert-OH is 4. The van der Waals surface area contributed by atoms with Crippen molar-refractivity contribution < 1.29 is 20.4 Å². The largest absolute Gasteiger partial charge is 0.392 e. The molecule has 0 aliphatic rings. The molecule has 144 valence electrons. The molecule has 0 heterocycles. The number of nitrogens with zero attached hydrogens (tertiary/aromatic N) is 2. The van der Waals surface area contributed by atoms with Crippen molar-refractivity contribution in [3.05, 3.63) is 23.8 Å². The van der Waals surface area contributed by atoms with E-state index in [1.54, 1.807) is 27.7 Å². The zero-order valence-electron chi connectivity index (χ0n) is 16.1. The summed E-state index contributed by atoms with van der Waals surface area (Å²) in [5, 5.41) is 39.1. The van der Waals surface area contributed by atoms with E-state index in [2.05, 4.69) is 0 Å². The first-order valence-electron chi connectivity index (χ1n) is 8.93. The number of benzene rings is 1. The van der Waals surface area contributed by atoms with E-state index in [1.165, 1.54) is 0 Å². The third-order valence-corrected chi connectivity index (χ3v) is 3.84. The molecule has 0 saturated carbocycles. The fourth-order valence-electron chi connectivity index (χ4n) is 2.97. The van der Waals surface area contributed by atoms with E-state index in [0.717, 1.165) is 16.9 Å². The van der Waals surface area contributed by atoms with Gasteiger partial charge in [-0.25, -0.2) is 0 Å². The molecule has 0 aromatic heterocycles. The maximum absolute atomic E-state index is 9.80. The van der Waals surface area contributed by atoms with Crippen LogP contribution in [0.4, 0.5) is 11.4 Å². The number of hydrogen-bond acceptors (Lipinski definition) is 6. The predicted octanol–water partition coefficient (Wildman–Crippen LogP) is 1.13. The Hall–Kier alpha value is -1.34. The molecule has 0 aliphatic heterocycles. The van der Waals surface area contributed by atoms with Crippen molar-refractivity contribution in [3.8, 4) is 0 Å². The first kappa shape index (κ1) is 21.7. The Morgan fingerprint density at radius 1 is 0.720 bits per heavy atom. The number of aliphatic hydroxyl groups is 4. The van der Waals surface area contributed by atoms with Crippen LogP contribution in [0, 0.1) is 6.92 Å². The smallest absolute Gasteiger partial charge is 0.0687 e. The Morgan fingerprint density at radius 3 is 1.52 bits per heavy atom. The molecule has 0 fully saturated rings. The highest BCUT2D eigenvalue weighted by atomic mass is 16.3. The number of rotatable bonds is 10. The summed E-state index contributed by atoms with van der Waals surface area (Å²) in [4.78, 5) is 3.91. The lowest BCUT2D eigenvalue weighted by Gasteiger charge is -2.32. The molecule has 1 aromatic carbocycles. The van der Waals surface area contributed by atoms with Gasteiger partial charge in [0.25, 0.3) is 0 Å². The van der Waals surface area contributed by atoms with Crippen molar-refractivity contribution in [2.24, 2.45) is 0 Å². The van der Waals surface area contributed by atoms with E-state index in [0.29, 0.717) is 26.2 Å². The summed E-state index contributed by atoms with van der Waals surface area (Å²) < 4.78 is 0. The molecule has 6 nitrogen and oxygen atoms in total. The fraction of sp³-hybridized carbons (Fsp3) is 0.684. The minimum atomic E-state index is -0.521. The van der Waals surface area contributed by atoms with Gasteiger partial charge in [0.05, 0.1) is 24.4 Å². The fourth-order valence-corrected chi connectivity index (χ4v) is 2.97. The second kappa shape index (κ2) is 9.97. The summed E-state index contributed by atoms with van der Waals surface area (Å²) in [7, 11) is 0. The van der Waals surface area contributed by atoms with Crippen LogP contribution in [0.2, 0.25) is 0 Å². The normalized spacial score (nSPS) is 16.2. The highest BCUT2D eigenvalue weighted by Crippen LogP contribution is 2.27. The van der Waals surface area contributed by atoms with E-state index in [1.807, 2.05) is 34.9 Å². The molecular weight excluding hydrogens is 320 g/mol. The number of hydrogen-bond donors (Lipinski definition) is 4. The molecule has 25 heavy (non-hydrogen) atoms. The maximum atomic E-state index is 9.80. The van der Waals surface area contributed by atoms with Crippen molar-refractivity contribution >= 4 is 11.4 Å². The second-order valence-corrected chi connectivity index (χ2v) is 7.18. The Balaban J connectivity index is 3.20. The van der Waals surface area contributed by atoms with Gasteiger partial charge in [0, 0.05) is 37.6 Å². The van der Waals surface area contributed by atoms with Crippen LogP contribution in [0.3, 0.4) is 0 Å². The van der Waals surface area contributed by atoms with Crippen molar-refractivity contribution in [2.45, 2.75) is 59.0 Å². The molecule has 6 heteroatoms. The Kier molecular flexibility index (Phi) is 8.65. The Morgan fingerprint density at radius 2 is 1.12 bits per heavy atom. The maximum Gasteiger partial charge on any atom is 0.0687 e. The molecule has 0 amide bonds. The van der Waals surface area contributed by atoms with Gasteiger partial charge in [-0.15, -0.1) is 0 Å². The van der Waals surface area contributed by atoms with Crippen molar-refractivity contribution in [1.29, 1.82) is 0 Å². The topological polar surface area (TPSA) is 87.4 Å². The molecule has 0 bridgehead atoms. The Bertz CT molecular complexity index is 498. The van der Waals surface area contributed by atoms with Gasteiger partial charge in [0.2, 0.25) is 0 Å². The van der Waals surface area contributed by atoms with E-state index >= 15 is 0 Å². The Labute approximate surface area is 151 Å². The summed E-state index contributed by atoms with van der Waals surface area (Å²) in [6.45, 7) is 10.5. The monoisotopic (exact) mass is 354 g/mol. The van der Waals surface area contributed by atoms with Crippen molar-refractivity contribution in [3.63, 3.8) is 0 Å². The molecule has 0 saturated heterocycles. The van der Waals surface area contributed by atoms with E-state index in [-0.39, 0.29) is 0 Å². The molecule has 0 spiro atoms. The highest BCUT2D eigenvalue weighted by Gasteiger charge is 2.18. The third-order valence-electron chi connectivity index (χ3n) is 3.84. The van der Waals surface area contributed by atoms with Crippen LogP contribution in [0.25, 0.3) is 0 Å². The molecule has 1 rings (SSSR count). The zero-order chi connectivity index (χ0) is 19.1. The first-order chi connectivity index (χ1) is 11.6. The SMILES string of the molecule is Cc1ccc(N(CC(C)O)CC(C)O)cc1N(CC(C)O)CC(C)O. The van der Waals surface area contributed by atoms with Crippen LogP contribution in [0.15, 0.2) is 18.2 Å². The molecule has 1 aromatic rings. The second-order valence-electron chi connectivity index (χ2n) is 7.18. The van der Waals surface area contributed by atoms with Crippen molar-refractivity contribution in [1.82, 2.24) is 0 Å². The van der Waals surface area contributed by atoms with Crippen LogP contribution in [0.1, 0.15) is 33.3 Å². The average Bonchev–Trinajstić information content (AvgIpc) is 2.44. The lowest BCUT2D eigenvalue weighted by atomic mass is 10.1. The molecule has 4 atom stereocenters.